The standard InChI is InChI=1S/C18H28N2O3/c1-5-18(22-13-15-8-6-10-19-12-15)9-7-11-20(14-18)16(21)23-17(2,3)4/h6,8,10,12H,5,7,9,11,13-14H2,1-4H3. The molecule has 1 atom stereocenters. The molecular weight excluding hydrogens is 292 g/mol. The van der Waals surface area contributed by atoms with E-state index in [4.69, 9.17) is 9.47 Å². The number of aromatic nitrogens is 1. The number of carbonyl (C=O) groups excluding carboxylic acids is 1. The first-order valence-corrected chi connectivity index (χ1v) is 8.34. The molecule has 128 valence electrons. The lowest BCUT2D eigenvalue weighted by atomic mass is 9.90. The number of likely N-dealkylation sites (tertiary alicyclic amines) is 1. The van der Waals surface area contributed by atoms with Crippen LogP contribution in [0.4, 0.5) is 4.79 Å². The van der Waals surface area contributed by atoms with Crippen LogP contribution in [0, 0.1) is 0 Å². The van der Waals surface area contributed by atoms with Crippen molar-refractivity contribution in [2.75, 3.05) is 13.1 Å². The highest BCUT2D eigenvalue weighted by atomic mass is 16.6. The molecule has 0 radical (unpaired) electrons. The van der Waals surface area contributed by atoms with E-state index < -0.39 is 5.60 Å². The van der Waals surface area contributed by atoms with Crippen LogP contribution in [-0.2, 0) is 16.1 Å². The summed E-state index contributed by atoms with van der Waals surface area (Å²) in [5, 5.41) is 0. The highest BCUT2D eigenvalue weighted by Crippen LogP contribution is 2.30. The van der Waals surface area contributed by atoms with Crippen LogP contribution in [0.2, 0.25) is 0 Å². The second-order valence-electron chi connectivity index (χ2n) is 7.19. The highest BCUT2D eigenvalue weighted by Gasteiger charge is 2.38. The molecule has 1 unspecified atom stereocenters. The molecule has 1 amide bonds. The molecule has 1 aromatic heterocycles. The van der Waals surface area contributed by atoms with E-state index in [-0.39, 0.29) is 11.7 Å². The summed E-state index contributed by atoms with van der Waals surface area (Å²) in [4.78, 5) is 18.2. The molecule has 1 fully saturated rings. The van der Waals surface area contributed by atoms with Gasteiger partial charge in [0.15, 0.2) is 0 Å². The number of pyridine rings is 1. The van der Waals surface area contributed by atoms with E-state index >= 15 is 0 Å². The van der Waals surface area contributed by atoms with Gasteiger partial charge >= 0.3 is 6.09 Å². The lowest BCUT2D eigenvalue weighted by Gasteiger charge is -2.42. The van der Waals surface area contributed by atoms with Crippen LogP contribution in [0.5, 0.6) is 0 Å². The number of rotatable bonds is 4. The summed E-state index contributed by atoms with van der Waals surface area (Å²) < 4.78 is 11.7. The van der Waals surface area contributed by atoms with Crippen LogP contribution in [0.15, 0.2) is 24.5 Å². The second kappa shape index (κ2) is 7.30. The van der Waals surface area contributed by atoms with Crippen LogP contribution < -0.4 is 0 Å². The first kappa shape index (κ1) is 17.7. The van der Waals surface area contributed by atoms with Gasteiger partial charge in [0.1, 0.15) is 5.60 Å². The Morgan fingerprint density at radius 2 is 2.22 bits per heavy atom. The second-order valence-corrected chi connectivity index (χ2v) is 7.19. The van der Waals surface area contributed by atoms with E-state index in [0.29, 0.717) is 13.2 Å². The van der Waals surface area contributed by atoms with Crippen LogP contribution in [0.3, 0.4) is 0 Å². The van der Waals surface area contributed by atoms with E-state index in [9.17, 15) is 4.79 Å². The Hall–Kier alpha value is -1.62. The molecule has 2 heterocycles. The Kier molecular flexibility index (Phi) is 5.63. The van der Waals surface area contributed by atoms with Crippen LogP contribution in [0.1, 0.15) is 52.5 Å². The fraction of sp³-hybridized carbons (Fsp3) is 0.667. The van der Waals surface area contributed by atoms with Gasteiger partial charge in [0.05, 0.1) is 18.8 Å². The molecule has 0 bridgehead atoms. The first-order chi connectivity index (χ1) is 10.8. The Morgan fingerprint density at radius 1 is 1.43 bits per heavy atom. The zero-order valence-electron chi connectivity index (χ0n) is 14.7. The fourth-order valence-corrected chi connectivity index (χ4v) is 2.81. The quantitative estimate of drug-likeness (QED) is 0.847. The fourth-order valence-electron chi connectivity index (χ4n) is 2.81. The smallest absolute Gasteiger partial charge is 0.410 e. The molecule has 23 heavy (non-hydrogen) atoms. The van der Waals surface area contributed by atoms with Gasteiger partial charge in [0.2, 0.25) is 0 Å². The monoisotopic (exact) mass is 320 g/mol. The maximum atomic E-state index is 12.3. The summed E-state index contributed by atoms with van der Waals surface area (Å²) in [6.45, 7) is 9.61. The predicted molar refractivity (Wildman–Crippen MR) is 89.1 cm³/mol. The van der Waals surface area contributed by atoms with E-state index in [1.165, 1.54) is 0 Å². The average molecular weight is 320 g/mol. The van der Waals surface area contributed by atoms with Gasteiger partial charge in [-0.1, -0.05) is 13.0 Å². The molecule has 0 aromatic carbocycles. The van der Waals surface area contributed by atoms with Gasteiger partial charge in [-0.3, -0.25) is 4.98 Å². The Balaban J connectivity index is 1.99. The van der Waals surface area contributed by atoms with Crippen molar-refractivity contribution >= 4 is 6.09 Å². The maximum absolute atomic E-state index is 12.3. The lowest BCUT2D eigenvalue weighted by Crippen LogP contribution is -2.52. The zero-order chi connectivity index (χ0) is 16.9. The summed E-state index contributed by atoms with van der Waals surface area (Å²) in [6, 6.07) is 3.91. The number of piperidine rings is 1. The molecule has 5 heteroatoms. The Labute approximate surface area is 139 Å². The minimum Gasteiger partial charge on any atom is -0.444 e. The van der Waals surface area contributed by atoms with E-state index in [1.807, 2.05) is 39.1 Å². The molecule has 0 aliphatic carbocycles. The number of hydrogen-bond donors (Lipinski definition) is 0. The predicted octanol–water partition coefficient (Wildman–Crippen LogP) is 3.78. The molecule has 0 saturated carbocycles. The van der Waals surface area contributed by atoms with Gasteiger partial charge < -0.3 is 14.4 Å². The number of hydrogen-bond acceptors (Lipinski definition) is 4. The van der Waals surface area contributed by atoms with Crippen LogP contribution >= 0.6 is 0 Å². The minimum absolute atomic E-state index is 0.250. The number of ether oxygens (including phenoxy) is 2. The van der Waals surface area contributed by atoms with Gasteiger partial charge in [-0.15, -0.1) is 0 Å². The molecular formula is C18H28N2O3. The largest absolute Gasteiger partial charge is 0.444 e. The summed E-state index contributed by atoms with van der Waals surface area (Å²) >= 11 is 0. The van der Waals surface area contributed by atoms with Gasteiger partial charge in [0, 0.05) is 18.9 Å². The number of carbonyl (C=O) groups is 1. The third-order valence-corrected chi connectivity index (χ3v) is 4.10. The Morgan fingerprint density at radius 3 is 2.83 bits per heavy atom. The van der Waals surface area contributed by atoms with E-state index in [1.54, 1.807) is 11.1 Å². The number of nitrogens with zero attached hydrogens (tertiary/aromatic N) is 2. The first-order valence-electron chi connectivity index (χ1n) is 8.34. The molecule has 1 aliphatic rings. The van der Waals surface area contributed by atoms with Crippen LogP contribution in [-0.4, -0.2) is 40.3 Å². The molecule has 1 saturated heterocycles. The zero-order valence-corrected chi connectivity index (χ0v) is 14.7. The topological polar surface area (TPSA) is 51.7 Å². The minimum atomic E-state index is -0.472. The van der Waals surface area contributed by atoms with Gasteiger partial charge in [-0.2, -0.15) is 0 Å². The van der Waals surface area contributed by atoms with Gasteiger partial charge in [0.25, 0.3) is 0 Å². The van der Waals surface area contributed by atoms with Crippen molar-refractivity contribution < 1.29 is 14.3 Å². The van der Waals surface area contributed by atoms with Crippen molar-refractivity contribution in [1.82, 2.24) is 9.88 Å². The van der Waals surface area contributed by atoms with Crippen molar-refractivity contribution in [2.24, 2.45) is 0 Å². The van der Waals surface area contributed by atoms with Crippen molar-refractivity contribution in [3.05, 3.63) is 30.1 Å². The molecule has 1 aromatic rings. The average Bonchev–Trinajstić information content (AvgIpc) is 2.53. The van der Waals surface area contributed by atoms with Gasteiger partial charge in [-0.05, 0) is 51.7 Å². The highest BCUT2D eigenvalue weighted by molar-refractivity contribution is 5.68. The Bertz CT molecular complexity index is 513. The third kappa shape index (κ3) is 5.20. The summed E-state index contributed by atoms with van der Waals surface area (Å²) in [6.07, 6.45) is 6.08. The SMILES string of the molecule is CCC1(OCc2cccnc2)CCCN(C(=O)OC(C)(C)C)C1. The maximum Gasteiger partial charge on any atom is 0.410 e. The molecule has 1 aliphatic heterocycles. The molecule has 0 spiro atoms. The van der Waals surface area contributed by atoms with Crippen molar-refractivity contribution in [2.45, 2.75) is 64.8 Å². The number of amides is 1. The molecule has 2 rings (SSSR count). The molecule has 5 nitrogen and oxygen atoms in total. The summed E-state index contributed by atoms with van der Waals surface area (Å²) in [7, 11) is 0. The van der Waals surface area contributed by atoms with Crippen LogP contribution in [0.25, 0.3) is 0 Å². The lowest BCUT2D eigenvalue weighted by molar-refractivity contribution is -0.101. The van der Waals surface area contributed by atoms with Crippen molar-refractivity contribution in [1.29, 1.82) is 0 Å². The summed E-state index contributed by atoms with van der Waals surface area (Å²) in [5.41, 5.74) is 0.278. The summed E-state index contributed by atoms with van der Waals surface area (Å²) in [5.74, 6) is 0. The molecule has 0 N–H and O–H groups in total. The van der Waals surface area contributed by atoms with Crippen molar-refractivity contribution in [3.8, 4) is 0 Å². The van der Waals surface area contributed by atoms with E-state index in [0.717, 1.165) is 31.4 Å². The van der Waals surface area contributed by atoms with Crippen molar-refractivity contribution in [3.63, 3.8) is 0 Å². The van der Waals surface area contributed by atoms with E-state index in [2.05, 4.69) is 11.9 Å². The third-order valence-electron chi connectivity index (χ3n) is 4.10. The van der Waals surface area contributed by atoms with Gasteiger partial charge in [-0.25, -0.2) is 4.79 Å². The normalized spacial score (nSPS) is 22.0.